The zero-order chi connectivity index (χ0) is 17.8. The van der Waals surface area contributed by atoms with E-state index in [1.165, 1.54) is 25.9 Å². The summed E-state index contributed by atoms with van der Waals surface area (Å²) in [6.07, 6.45) is 3.98. The fourth-order valence-corrected chi connectivity index (χ4v) is 4.71. The smallest absolute Gasteiger partial charge is 0.0887 e. The van der Waals surface area contributed by atoms with Crippen LogP contribution in [0.15, 0.2) is 18.2 Å². The molecule has 0 unspecified atom stereocenters. The molecule has 0 spiro atoms. The predicted molar refractivity (Wildman–Crippen MR) is 100.0 cm³/mol. The van der Waals surface area contributed by atoms with E-state index in [1.807, 2.05) is 25.1 Å². The number of aromatic nitrogens is 1. The Morgan fingerprint density at radius 3 is 2.96 bits per heavy atom. The van der Waals surface area contributed by atoms with Gasteiger partial charge in [0.2, 0.25) is 0 Å². The SMILES string of the molecule is Cc1cccc(COCC[C@@H]2CO[C@@H]3CN(CC4CCOCC4)C[C@H]23)n1. The summed E-state index contributed by atoms with van der Waals surface area (Å²) < 4.78 is 17.5. The monoisotopic (exact) mass is 360 g/mol. The maximum Gasteiger partial charge on any atom is 0.0887 e. The van der Waals surface area contributed by atoms with E-state index in [9.17, 15) is 0 Å². The maximum absolute atomic E-state index is 6.11. The average Bonchev–Trinajstić information content (AvgIpc) is 3.20. The second-order valence-corrected chi connectivity index (χ2v) is 8.18. The number of nitrogens with zero attached hydrogens (tertiary/aromatic N) is 2. The Kier molecular flexibility index (Phi) is 6.20. The van der Waals surface area contributed by atoms with E-state index < -0.39 is 0 Å². The summed E-state index contributed by atoms with van der Waals surface area (Å²) in [6.45, 7) is 9.76. The molecule has 0 saturated carbocycles. The predicted octanol–water partition coefficient (Wildman–Crippen LogP) is 2.67. The zero-order valence-corrected chi connectivity index (χ0v) is 15.9. The van der Waals surface area contributed by atoms with E-state index in [-0.39, 0.29) is 0 Å². The highest BCUT2D eigenvalue weighted by atomic mass is 16.5. The number of hydrogen-bond acceptors (Lipinski definition) is 5. The fraction of sp³-hybridized carbons (Fsp3) is 0.762. The minimum atomic E-state index is 0.443. The van der Waals surface area contributed by atoms with Crippen LogP contribution in [0.3, 0.4) is 0 Å². The lowest BCUT2D eigenvalue weighted by molar-refractivity contribution is 0.0473. The van der Waals surface area contributed by atoms with Gasteiger partial charge >= 0.3 is 0 Å². The van der Waals surface area contributed by atoms with Gasteiger partial charge in [-0.3, -0.25) is 4.98 Å². The van der Waals surface area contributed by atoms with Crippen LogP contribution >= 0.6 is 0 Å². The van der Waals surface area contributed by atoms with E-state index >= 15 is 0 Å². The summed E-state index contributed by atoms with van der Waals surface area (Å²) in [5, 5.41) is 0. The molecule has 26 heavy (non-hydrogen) atoms. The lowest BCUT2D eigenvalue weighted by Gasteiger charge is -2.27. The van der Waals surface area contributed by atoms with Crippen LogP contribution in [-0.4, -0.2) is 62.0 Å². The number of pyridine rings is 1. The van der Waals surface area contributed by atoms with Crippen molar-refractivity contribution in [2.45, 2.75) is 38.9 Å². The molecular formula is C21H32N2O3. The van der Waals surface area contributed by atoms with Gasteiger partial charge in [0.1, 0.15) is 0 Å². The van der Waals surface area contributed by atoms with Crippen molar-refractivity contribution < 1.29 is 14.2 Å². The minimum absolute atomic E-state index is 0.443. The summed E-state index contributed by atoms with van der Waals surface area (Å²) in [5.74, 6) is 2.15. The van der Waals surface area contributed by atoms with Gasteiger partial charge in [0.25, 0.3) is 0 Å². The highest BCUT2D eigenvalue weighted by Gasteiger charge is 2.43. The Bertz CT molecular complexity index is 576. The second-order valence-electron chi connectivity index (χ2n) is 8.18. The van der Waals surface area contributed by atoms with Gasteiger partial charge in [0.05, 0.1) is 25.0 Å². The van der Waals surface area contributed by atoms with Crippen LogP contribution in [0.1, 0.15) is 30.7 Å². The first kappa shape index (κ1) is 18.4. The van der Waals surface area contributed by atoms with Gasteiger partial charge in [0.15, 0.2) is 0 Å². The van der Waals surface area contributed by atoms with Gasteiger partial charge in [-0.05, 0) is 50.2 Å². The highest BCUT2D eigenvalue weighted by molar-refractivity contribution is 5.08. The van der Waals surface area contributed by atoms with E-state index in [0.717, 1.165) is 56.7 Å². The molecule has 5 nitrogen and oxygen atoms in total. The van der Waals surface area contributed by atoms with E-state index in [1.54, 1.807) is 0 Å². The van der Waals surface area contributed by atoms with Crippen molar-refractivity contribution in [1.29, 1.82) is 0 Å². The molecule has 0 amide bonds. The van der Waals surface area contributed by atoms with Crippen molar-refractivity contribution >= 4 is 0 Å². The third-order valence-corrected chi connectivity index (χ3v) is 6.20. The summed E-state index contributed by atoms with van der Waals surface area (Å²) in [6, 6.07) is 6.10. The molecule has 0 radical (unpaired) electrons. The largest absolute Gasteiger partial charge is 0.381 e. The Hall–Kier alpha value is -1.01. The third kappa shape index (κ3) is 4.63. The summed E-state index contributed by atoms with van der Waals surface area (Å²) >= 11 is 0. The van der Waals surface area contributed by atoms with Crippen LogP contribution in [0.25, 0.3) is 0 Å². The van der Waals surface area contributed by atoms with Crippen LogP contribution < -0.4 is 0 Å². The number of hydrogen-bond donors (Lipinski definition) is 0. The van der Waals surface area contributed by atoms with Crippen LogP contribution in [0.4, 0.5) is 0 Å². The second kappa shape index (κ2) is 8.79. The van der Waals surface area contributed by atoms with Crippen molar-refractivity contribution in [1.82, 2.24) is 9.88 Å². The molecule has 1 aromatic heterocycles. The fourth-order valence-electron chi connectivity index (χ4n) is 4.71. The lowest BCUT2D eigenvalue weighted by atomic mass is 9.91. The Balaban J connectivity index is 1.18. The molecule has 0 N–H and O–H groups in total. The van der Waals surface area contributed by atoms with Crippen molar-refractivity contribution in [3.8, 4) is 0 Å². The standard InChI is InChI=1S/C21H32N2O3/c1-16-3-2-4-19(22-16)15-25-10-7-18-14-26-21-13-23(12-20(18)21)11-17-5-8-24-9-6-17/h2-4,17-18,20-21H,5-15H2,1H3/t18-,20-,21-/m1/s1. The molecule has 3 fully saturated rings. The molecule has 5 heteroatoms. The molecule has 144 valence electrons. The van der Waals surface area contributed by atoms with Crippen LogP contribution in [-0.2, 0) is 20.8 Å². The molecule has 4 rings (SSSR count). The van der Waals surface area contributed by atoms with Gasteiger partial charge < -0.3 is 19.1 Å². The van der Waals surface area contributed by atoms with E-state index in [4.69, 9.17) is 14.2 Å². The first-order valence-electron chi connectivity index (χ1n) is 10.2. The van der Waals surface area contributed by atoms with Crippen molar-refractivity contribution in [3.05, 3.63) is 29.6 Å². The minimum Gasteiger partial charge on any atom is -0.381 e. The van der Waals surface area contributed by atoms with Gasteiger partial charge in [-0.25, -0.2) is 0 Å². The molecule has 3 atom stereocenters. The zero-order valence-electron chi connectivity index (χ0n) is 15.9. The number of ether oxygens (including phenoxy) is 3. The summed E-state index contributed by atoms with van der Waals surface area (Å²) in [4.78, 5) is 7.13. The molecule has 1 aromatic rings. The molecule has 3 aliphatic rings. The van der Waals surface area contributed by atoms with E-state index in [2.05, 4.69) is 9.88 Å². The first-order chi connectivity index (χ1) is 12.8. The number of likely N-dealkylation sites (tertiary alicyclic amines) is 1. The molecule has 4 heterocycles. The van der Waals surface area contributed by atoms with Crippen LogP contribution in [0, 0.1) is 24.7 Å². The number of aryl methyl sites for hydroxylation is 1. The van der Waals surface area contributed by atoms with Gasteiger partial charge in [-0.1, -0.05) is 6.07 Å². The Labute approximate surface area is 157 Å². The summed E-state index contributed by atoms with van der Waals surface area (Å²) in [5.41, 5.74) is 2.07. The van der Waals surface area contributed by atoms with Gasteiger partial charge in [-0.15, -0.1) is 0 Å². The van der Waals surface area contributed by atoms with Crippen molar-refractivity contribution in [2.75, 3.05) is 46.1 Å². The third-order valence-electron chi connectivity index (χ3n) is 6.20. The van der Waals surface area contributed by atoms with Crippen LogP contribution in [0.2, 0.25) is 0 Å². The first-order valence-corrected chi connectivity index (χ1v) is 10.2. The number of fused-ring (bicyclic) bond motifs is 1. The highest BCUT2D eigenvalue weighted by Crippen LogP contribution is 2.36. The molecule has 0 aliphatic carbocycles. The Morgan fingerprint density at radius 1 is 1.23 bits per heavy atom. The van der Waals surface area contributed by atoms with Gasteiger partial charge in [0, 0.05) is 51.1 Å². The topological polar surface area (TPSA) is 43.8 Å². The van der Waals surface area contributed by atoms with Crippen molar-refractivity contribution in [3.63, 3.8) is 0 Å². The van der Waals surface area contributed by atoms with E-state index in [0.29, 0.717) is 24.5 Å². The number of rotatable bonds is 7. The molecule has 3 aliphatic heterocycles. The Morgan fingerprint density at radius 2 is 2.12 bits per heavy atom. The van der Waals surface area contributed by atoms with Gasteiger partial charge in [-0.2, -0.15) is 0 Å². The molecule has 0 aromatic carbocycles. The molecule has 3 saturated heterocycles. The van der Waals surface area contributed by atoms with Crippen LogP contribution in [0.5, 0.6) is 0 Å². The normalized spacial score (nSPS) is 30.0. The maximum atomic E-state index is 6.11. The summed E-state index contributed by atoms with van der Waals surface area (Å²) in [7, 11) is 0. The lowest BCUT2D eigenvalue weighted by Crippen LogP contribution is -2.32. The average molecular weight is 360 g/mol. The molecular weight excluding hydrogens is 328 g/mol. The quantitative estimate of drug-likeness (QED) is 0.700. The van der Waals surface area contributed by atoms with Crippen molar-refractivity contribution in [2.24, 2.45) is 17.8 Å². The molecule has 0 bridgehead atoms.